The van der Waals surface area contributed by atoms with Gasteiger partial charge in [-0.15, -0.1) is 6.58 Å². The first-order valence-electron chi connectivity index (χ1n) is 4.37. The van der Waals surface area contributed by atoms with Crippen molar-refractivity contribution in [2.45, 2.75) is 33.1 Å². The minimum absolute atomic E-state index is 0.0260. The third-order valence-corrected chi connectivity index (χ3v) is 3.22. The lowest BCUT2D eigenvalue weighted by atomic mass is 9.56. The molecule has 1 saturated carbocycles. The molecule has 1 rings (SSSR count). The second-order valence-electron chi connectivity index (χ2n) is 3.33. The zero-order chi connectivity index (χ0) is 8.48. The van der Waals surface area contributed by atoms with Crippen molar-refractivity contribution in [2.24, 2.45) is 11.3 Å². The highest BCUT2D eigenvalue weighted by molar-refractivity contribution is 5.91. The summed E-state index contributed by atoms with van der Waals surface area (Å²) in [6.07, 6.45) is 4.61. The SMILES string of the molecule is C=CC1CC(=O)C1(CC)CC. The normalized spacial score (nSPS) is 27.8. The van der Waals surface area contributed by atoms with E-state index in [1.165, 1.54) is 0 Å². The minimum Gasteiger partial charge on any atom is -0.299 e. The molecule has 0 heterocycles. The third-order valence-electron chi connectivity index (χ3n) is 3.22. The van der Waals surface area contributed by atoms with Crippen LogP contribution in [-0.4, -0.2) is 5.78 Å². The second-order valence-corrected chi connectivity index (χ2v) is 3.33. The highest BCUT2D eigenvalue weighted by Gasteiger charge is 2.49. The molecule has 0 N–H and O–H groups in total. The van der Waals surface area contributed by atoms with Gasteiger partial charge in [0.15, 0.2) is 0 Å². The summed E-state index contributed by atoms with van der Waals surface area (Å²) in [7, 11) is 0. The maximum atomic E-state index is 11.3. The van der Waals surface area contributed by atoms with Crippen molar-refractivity contribution >= 4 is 5.78 Å². The lowest BCUT2D eigenvalue weighted by Gasteiger charge is -2.45. The fourth-order valence-corrected chi connectivity index (χ4v) is 2.15. The first kappa shape index (κ1) is 8.51. The van der Waals surface area contributed by atoms with Crippen LogP contribution in [0.25, 0.3) is 0 Å². The molecule has 0 saturated heterocycles. The van der Waals surface area contributed by atoms with Gasteiger partial charge in [-0.1, -0.05) is 19.9 Å². The standard InChI is InChI=1S/C10H16O/c1-4-8-7-9(11)10(8,5-2)6-3/h4,8H,1,5-7H2,2-3H3. The monoisotopic (exact) mass is 152 g/mol. The molecule has 1 nitrogen and oxygen atoms in total. The Morgan fingerprint density at radius 3 is 2.36 bits per heavy atom. The minimum atomic E-state index is -0.0260. The number of carbonyl (C=O) groups excluding carboxylic acids is 1. The summed E-state index contributed by atoms with van der Waals surface area (Å²) >= 11 is 0. The van der Waals surface area contributed by atoms with Crippen LogP contribution in [0.1, 0.15) is 33.1 Å². The van der Waals surface area contributed by atoms with Gasteiger partial charge in [0.1, 0.15) is 5.78 Å². The van der Waals surface area contributed by atoms with E-state index in [2.05, 4.69) is 20.4 Å². The second kappa shape index (κ2) is 2.80. The van der Waals surface area contributed by atoms with Gasteiger partial charge in [0.2, 0.25) is 0 Å². The molecule has 1 aliphatic rings. The van der Waals surface area contributed by atoms with Crippen LogP contribution in [0.2, 0.25) is 0 Å². The Morgan fingerprint density at radius 2 is 2.18 bits per heavy atom. The van der Waals surface area contributed by atoms with Gasteiger partial charge in [0.05, 0.1) is 0 Å². The molecule has 1 fully saturated rings. The van der Waals surface area contributed by atoms with E-state index in [0.717, 1.165) is 19.3 Å². The number of rotatable bonds is 3. The molecule has 1 heteroatoms. The van der Waals surface area contributed by atoms with Gasteiger partial charge >= 0.3 is 0 Å². The summed E-state index contributed by atoms with van der Waals surface area (Å²) in [4.78, 5) is 11.3. The van der Waals surface area contributed by atoms with Crippen molar-refractivity contribution in [3.8, 4) is 0 Å². The van der Waals surface area contributed by atoms with Gasteiger partial charge in [0, 0.05) is 11.8 Å². The molecule has 0 radical (unpaired) electrons. The molecule has 0 aromatic carbocycles. The molecule has 0 aromatic heterocycles. The van der Waals surface area contributed by atoms with Crippen LogP contribution in [-0.2, 0) is 4.79 Å². The molecule has 62 valence electrons. The lowest BCUT2D eigenvalue weighted by molar-refractivity contribution is -0.143. The van der Waals surface area contributed by atoms with Crippen molar-refractivity contribution in [3.63, 3.8) is 0 Å². The Morgan fingerprint density at radius 1 is 1.64 bits per heavy atom. The van der Waals surface area contributed by atoms with Crippen LogP contribution in [0.4, 0.5) is 0 Å². The van der Waals surface area contributed by atoms with Gasteiger partial charge in [0.25, 0.3) is 0 Å². The Kier molecular flexibility index (Phi) is 2.17. The molecule has 0 amide bonds. The number of Topliss-reactive ketones (excluding diaryl/α,β-unsaturated/α-hetero) is 1. The van der Waals surface area contributed by atoms with E-state index in [1.54, 1.807) is 0 Å². The summed E-state index contributed by atoms with van der Waals surface area (Å²) in [6, 6.07) is 0. The van der Waals surface area contributed by atoms with E-state index in [1.807, 2.05) is 6.08 Å². The number of ketones is 1. The predicted molar refractivity (Wildman–Crippen MR) is 46.3 cm³/mol. The first-order valence-corrected chi connectivity index (χ1v) is 4.37. The average molecular weight is 152 g/mol. The molecule has 11 heavy (non-hydrogen) atoms. The maximum Gasteiger partial charge on any atom is 0.140 e. The molecule has 0 aromatic rings. The van der Waals surface area contributed by atoms with Crippen molar-refractivity contribution in [1.29, 1.82) is 0 Å². The Hall–Kier alpha value is -0.590. The smallest absolute Gasteiger partial charge is 0.140 e. The average Bonchev–Trinajstić information content (AvgIpc) is 2.02. The summed E-state index contributed by atoms with van der Waals surface area (Å²) < 4.78 is 0. The predicted octanol–water partition coefficient (Wildman–Crippen LogP) is 2.57. The zero-order valence-electron chi connectivity index (χ0n) is 7.39. The largest absolute Gasteiger partial charge is 0.299 e. The third kappa shape index (κ3) is 0.943. The quantitative estimate of drug-likeness (QED) is 0.568. The molecule has 0 aliphatic heterocycles. The molecular formula is C10H16O. The fraction of sp³-hybridized carbons (Fsp3) is 0.700. The first-order chi connectivity index (χ1) is 5.21. The zero-order valence-corrected chi connectivity index (χ0v) is 7.39. The Bertz CT molecular complexity index is 177. The van der Waals surface area contributed by atoms with Gasteiger partial charge in [-0.25, -0.2) is 0 Å². The van der Waals surface area contributed by atoms with Crippen molar-refractivity contribution in [2.75, 3.05) is 0 Å². The molecule has 0 spiro atoms. The summed E-state index contributed by atoms with van der Waals surface area (Å²) in [5.41, 5.74) is -0.0260. The van der Waals surface area contributed by atoms with Crippen LogP contribution in [0.3, 0.4) is 0 Å². The van der Waals surface area contributed by atoms with Gasteiger partial charge < -0.3 is 0 Å². The summed E-state index contributed by atoms with van der Waals surface area (Å²) in [5.74, 6) is 0.886. The van der Waals surface area contributed by atoms with Crippen LogP contribution in [0, 0.1) is 11.3 Å². The van der Waals surface area contributed by atoms with E-state index in [-0.39, 0.29) is 5.41 Å². The highest BCUT2D eigenvalue weighted by Crippen LogP contribution is 2.49. The maximum absolute atomic E-state index is 11.3. The Balaban J connectivity index is 2.78. The number of allylic oxidation sites excluding steroid dienone is 1. The van der Waals surface area contributed by atoms with Crippen molar-refractivity contribution < 1.29 is 4.79 Å². The number of hydrogen-bond acceptors (Lipinski definition) is 1. The molecule has 1 aliphatic carbocycles. The van der Waals surface area contributed by atoms with Crippen LogP contribution < -0.4 is 0 Å². The molecule has 1 unspecified atom stereocenters. The van der Waals surface area contributed by atoms with E-state index < -0.39 is 0 Å². The highest BCUT2D eigenvalue weighted by atomic mass is 16.1. The topological polar surface area (TPSA) is 17.1 Å². The van der Waals surface area contributed by atoms with Crippen LogP contribution in [0.5, 0.6) is 0 Å². The van der Waals surface area contributed by atoms with E-state index in [9.17, 15) is 4.79 Å². The lowest BCUT2D eigenvalue weighted by Crippen LogP contribution is -2.48. The molecule has 1 atom stereocenters. The fourth-order valence-electron chi connectivity index (χ4n) is 2.15. The number of carbonyl (C=O) groups is 1. The van der Waals surface area contributed by atoms with Crippen LogP contribution >= 0.6 is 0 Å². The van der Waals surface area contributed by atoms with E-state index in [0.29, 0.717) is 11.7 Å². The molecule has 0 bridgehead atoms. The summed E-state index contributed by atoms with van der Waals surface area (Å²) in [5, 5.41) is 0. The van der Waals surface area contributed by atoms with Crippen LogP contribution in [0.15, 0.2) is 12.7 Å². The molecular weight excluding hydrogens is 136 g/mol. The van der Waals surface area contributed by atoms with Gasteiger partial charge in [-0.2, -0.15) is 0 Å². The van der Waals surface area contributed by atoms with E-state index >= 15 is 0 Å². The van der Waals surface area contributed by atoms with Gasteiger partial charge in [-0.05, 0) is 18.8 Å². The number of hydrogen-bond donors (Lipinski definition) is 0. The van der Waals surface area contributed by atoms with Crippen molar-refractivity contribution in [1.82, 2.24) is 0 Å². The Labute approximate surface area is 68.5 Å². The summed E-state index contributed by atoms with van der Waals surface area (Å²) in [6.45, 7) is 7.94. The van der Waals surface area contributed by atoms with Gasteiger partial charge in [-0.3, -0.25) is 4.79 Å². The van der Waals surface area contributed by atoms with E-state index in [4.69, 9.17) is 0 Å². The van der Waals surface area contributed by atoms with Crippen molar-refractivity contribution in [3.05, 3.63) is 12.7 Å².